The summed E-state index contributed by atoms with van der Waals surface area (Å²) in [4.78, 5) is 2.01. The van der Waals surface area contributed by atoms with Gasteiger partial charge in [0.05, 0.1) is 17.2 Å². The fourth-order valence-corrected chi connectivity index (χ4v) is 2.89. The molecule has 0 aliphatic carbocycles. The Hall–Kier alpha value is -1.86. The molecule has 1 N–H and O–H groups in total. The number of alkyl halides is 3. The molecule has 3 rings (SSSR count). The van der Waals surface area contributed by atoms with Gasteiger partial charge in [0.1, 0.15) is 0 Å². The zero-order chi connectivity index (χ0) is 16.7. The number of aliphatic hydroxyl groups is 1. The summed E-state index contributed by atoms with van der Waals surface area (Å²) in [5.74, 6) is 0. The zero-order valence-corrected chi connectivity index (χ0v) is 12.7. The van der Waals surface area contributed by atoms with Crippen molar-refractivity contribution in [3.05, 3.63) is 53.9 Å². The van der Waals surface area contributed by atoms with E-state index in [1.165, 1.54) is 12.1 Å². The normalized spacial score (nSPS) is 19.3. The van der Waals surface area contributed by atoms with Crippen LogP contribution in [0.2, 0.25) is 0 Å². The van der Waals surface area contributed by atoms with Crippen molar-refractivity contribution in [2.75, 3.05) is 19.6 Å². The van der Waals surface area contributed by atoms with Gasteiger partial charge in [-0.1, -0.05) is 12.1 Å². The Morgan fingerprint density at radius 3 is 2.52 bits per heavy atom. The Labute approximate surface area is 132 Å². The molecule has 1 aromatic heterocycles. The smallest absolute Gasteiger partial charge is 0.384 e. The highest BCUT2D eigenvalue weighted by Gasteiger charge is 2.36. The molecule has 1 aliphatic heterocycles. The monoisotopic (exact) mass is 325 g/mol. The Morgan fingerprint density at radius 1 is 1.22 bits per heavy atom. The van der Waals surface area contributed by atoms with Crippen molar-refractivity contribution in [2.45, 2.75) is 24.7 Å². The second-order valence-corrected chi connectivity index (χ2v) is 6.19. The molecule has 23 heavy (non-hydrogen) atoms. The first-order chi connectivity index (χ1) is 10.8. The minimum absolute atomic E-state index is 0.252. The number of β-amino-alcohol motifs (C(OH)–C–C–N with tert-alkyl or cyclic N) is 1. The fourth-order valence-electron chi connectivity index (χ4n) is 2.89. The number of nitrogens with zero attached hydrogens (tertiary/aromatic N) is 3. The summed E-state index contributed by atoms with van der Waals surface area (Å²) in [5, 5.41) is 14.8. The molecule has 1 aliphatic rings. The van der Waals surface area contributed by atoms with Gasteiger partial charge in [0.25, 0.3) is 0 Å². The molecule has 4 nitrogen and oxygen atoms in total. The highest BCUT2D eigenvalue weighted by atomic mass is 19.4. The van der Waals surface area contributed by atoms with Crippen LogP contribution in [-0.2, 0) is 11.8 Å². The molecule has 1 atom stereocenters. The van der Waals surface area contributed by atoms with Gasteiger partial charge < -0.3 is 5.11 Å². The number of aromatic nitrogens is 2. The molecule has 0 bridgehead atoms. The third-order valence-corrected chi connectivity index (χ3v) is 4.18. The number of hydrogen-bond acceptors (Lipinski definition) is 3. The van der Waals surface area contributed by atoms with Crippen molar-refractivity contribution in [3.63, 3.8) is 0 Å². The summed E-state index contributed by atoms with van der Waals surface area (Å²) in [6.45, 7) is 3.27. The standard InChI is InChI=1S/C16H18F3N3O/c1-15(23,12-4-2-5-13(8-12)16(17,18)19)11-21-9-14(10-21)22-7-3-6-20-22/h2-8,14,23H,9-11H2,1H3. The molecule has 0 saturated carbocycles. The Balaban J connectivity index is 1.66. The summed E-state index contributed by atoms with van der Waals surface area (Å²) in [7, 11) is 0. The summed E-state index contributed by atoms with van der Waals surface area (Å²) >= 11 is 0. The lowest BCUT2D eigenvalue weighted by molar-refractivity contribution is -0.137. The maximum Gasteiger partial charge on any atom is 0.416 e. The van der Waals surface area contributed by atoms with Gasteiger partial charge in [0.2, 0.25) is 0 Å². The lowest BCUT2D eigenvalue weighted by Gasteiger charge is -2.42. The van der Waals surface area contributed by atoms with Crippen LogP contribution in [0, 0.1) is 0 Å². The van der Waals surface area contributed by atoms with Crippen molar-refractivity contribution in [1.29, 1.82) is 0 Å². The van der Waals surface area contributed by atoms with Crippen LogP contribution < -0.4 is 0 Å². The molecule has 2 heterocycles. The highest BCUT2D eigenvalue weighted by molar-refractivity contribution is 5.30. The second kappa shape index (κ2) is 5.65. The van der Waals surface area contributed by atoms with E-state index in [-0.39, 0.29) is 18.2 Å². The van der Waals surface area contributed by atoms with E-state index in [1.54, 1.807) is 13.1 Å². The van der Waals surface area contributed by atoms with E-state index in [1.807, 2.05) is 21.8 Å². The van der Waals surface area contributed by atoms with Crippen molar-refractivity contribution in [1.82, 2.24) is 14.7 Å². The van der Waals surface area contributed by atoms with Gasteiger partial charge in [-0.25, -0.2) is 0 Å². The lowest BCUT2D eigenvalue weighted by atomic mass is 9.92. The van der Waals surface area contributed by atoms with Crippen LogP contribution in [0.15, 0.2) is 42.7 Å². The first kappa shape index (κ1) is 16.0. The van der Waals surface area contributed by atoms with E-state index in [2.05, 4.69) is 5.10 Å². The predicted octanol–water partition coefficient (Wildman–Crippen LogP) is 2.67. The minimum Gasteiger partial charge on any atom is -0.384 e. The molecule has 124 valence electrons. The lowest BCUT2D eigenvalue weighted by Crippen LogP contribution is -2.52. The van der Waals surface area contributed by atoms with Crippen LogP contribution in [0.1, 0.15) is 24.1 Å². The molecule has 7 heteroatoms. The number of rotatable bonds is 4. The first-order valence-electron chi connectivity index (χ1n) is 7.37. The van der Waals surface area contributed by atoms with E-state index in [0.717, 1.165) is 25.2 Å². The topological polar surface area (TPSA) is 41.3 Å². The molecule has 0 radical (unpaired) electrons. The van der Waals surface area contributed by atoms with Crippen LogP contribution in [0.5, 0.6) is 0 Å². The quantitative estimate of drug-likeness (QED) is 0.940. The highest BCUT2D eigenvalue weighted by Crippen LogP contribution is 2.33. The summed E-state index contributed by atoms with van der Waals surface area (Å²) in [5.41, 5.74) is -1.81. The van der Waals surface area contributed by atoms with Crippen molar-refractivity contribution >= 4 is 0 Å². The average Bonchev–Trinajstić information content (AvgIpc) is 2.95. The summed E-state index contributed by atoms with van der Waals surface area (Å²) in [6.07, 6.45) is -0.817. The molecular weight excluding hydrogens is 307 g/mol. The van der Waals surface area contributed by atoms with Gasteiger partial charge in [0.15, 0.2) is 0 Å². The summed E-state index contributed by atoms with van der Waals surface area (Å²) in [6, 6.07) is 6.99. The maximum atomic E-state index is 12.8. The van der Waals surface area contributed by atoms with Crippen molar-refractivity contribution < 1.29 is 18.3 Å². The van der Waals surface area contributed by atoms with Gasteiger partial charge in [-0.15, -0.1) is 0 Å². The first-order valence-corrected chi connectivity index (χ1v) is 7.37. The molecule has 1 saturated heterocycles. The van der Waals surface area contributed by atoms with Crippen LogP contribution in [0.4, 0.5) is 13.2 Å². The Kier molecular flexibility index (Phi) is 3.93. The van der Waals surface area contributed by atoms with Gasteiger partial charge in [0, 0.05) is 32.0 Å². The van der Waals surface area contributed by atoms with E-state index in [0.29, 0.717) is 0 Å². The van der Waals surface area contributed by atoms with Crippen LogP contribution in [0.25, 0.3) is 0 Å². The second-order valence-electron chi connectivity index (χ2n) is 6.19. The third-order valence-electron chi connectivity index (χ3n) is 4.18. The SMILES string of the molecule is CC(O)(CN1CC(n2cccn2)C1)c1cccc(C(F)(F)F)c1. The van der Waals surface area contributed by atoms with Gasteiger partial charge in [-0.05, 0) is 30.7 Å². The molecular formula is C16H18F3N3O. The average molecular weight is 325 g/mol. The van der Waals surface area contributed by atoms with Gasteiger partial charge in [-0.3, -0.25) is 9.58 Å². The van der Waals surface area contributed by atoms with Crippen LogP contribution in [0.3, 0.4) is 0 Å². The maximum absolute atomic E-state index is 12.8. The van der Waals surface area contributed by atoms with Gasteiger partial charge >= 0.3 is 6.18 Å². The number of halogens is 3. The molecule has 2 aromatic rings. The van der Waals surface area contributed by atoms with Crippen molar-refractivity contribution in [3.8, 4) is 0 Å². The molecule has 0 spiro atoms. The van der Waals surface area contributed by atoms with Gasteiger partial charge in [-0.2, -0.15) is 18.3 Å². The third kappa shape index (κ3) is 3.40. The van der Waals surface area contributed by atoms with Crippen LogP contribution in [-0.4, -0.2) is 39.4 Å². The van der Waals surface area contributed by atoms with E-state index in [4.69, 9.17) is 0 Å². The summed E-state index contributed by atoms with van der Waals surface area (Å²) < 4.78 is 40.3. The minimum atomic E-state index is -4.41. The predicted molar refractivity (Wildman–Crippen MR) is 78.7 cm³/mol. The van der Waals surface area contributed by atoms with Crippen molar-refractivity contribution in [2.24, 2.45) is 0 Å². The fraction of sp³-hybridized carbons (Fsp3) is 0.438. The number of hydrogen-bond donors (Lipinski definition) is 1. The zero-order valence-electron chi connectivity index (χ0n) is 12.7. The number of likely N-dealkylation sites (tertiary alicyclic amines) is 1. The Bertz CT molecular complexity index is 661. The molecule has 1 unspecified atom stereocenters. The molecule has 1 fully saturated rings. The molecule has 1 aromatic carbocycles. The van der Waals surface area contributed by atoms with E-state index < -0.39 is 17.3 Å². The Morgan fingerprint density at radius 2 is 1.91 bits per heavy atom. The number of benzene rings is 1. The molecule has 0 amide bonds. The van der Waals surface area contributed by atoms with E-state index >= 15 is 0 Å². The van der Waals surface area contributed by atoms with E-state index in [9.17, 15) is 18.3 Å². The van der Waals surface area contributed by atoms with Crippen LogP contribution >= 0.6 is 0 Å². The largest absolute Gasteiger partial charge is 0.416 e.